The van der Waals surface area contributed by atoms with Crippen molar-refractivity contribution in [3.05, 3.63) is 94.3 Å². The van der Waals surface area contributed by atoms with E-state index in [9.17, 15) is 4.79 Å². The van der Waals surface area contributed by atoms with E-state index >= 15 is 0 Å². The molecule has 0 aliphatic carbocycles. The molecule has 0 radical (unpaired) electrons. The molecule has 0 saturated carbocycles. The van der Waals surface area contributed by atoms with Crippen molar-refractivity contribution in [3.63, 3.8) is 0 Å². The molecule has 4 rings (SSSR count). The number of anilines is 2. The van der Waals surface area contributed by atoms with Gasteiger partial charge in [0.05, 0.1) is 25.2 Å². The van der Waals surface area contributed by atoms with Crippen LogP contribution in [-0.4, -0.2) is 39.7 Å². The molecular formula is C25H27N5O3. The van der Waals surface area contributed by atoms with Crippen molar-refractivity contribution in [1.82, 2.24) is 19.3 Å². The summed E-state index contributed by atoms with van der Waals surface area (Å²) in [6.07, 6.45) is 3.77. The number of nitrogens with one attached hydrogen (secondary N) is 1. The number of imidazole rings is 1. The second kappa shape index (κ2) is 10.1. The zero-order valence-corrected chi connectivity index (χ0v) is 19.0. The summed E-state index contributed by atoms with van der Waals surface area (Å²) in [4.78, 5) is 17.1. The first-order valence-electron chi connectivity index (χ1n) is 10.7. The number of hydrogen-bond donors (Lipinski definition) is 1. The summed E-state index contributed by atoms with van der Waals surface area (Å²) in [6, 6.07) is 17.2. The average Bonchev–Trinajstić information content (AvgIpc) is 3.23. The van der Waals surface area contributed by atoms with Gasteiger partial charge in [-0.1, -0.05) is 30.3 Å². The number of aryl methyl sites for hydroxylation is 2. The predicted octanol–water partition coefficient (Wildman–Crippen LogP) is 3.86. The van der Waals surface area contributed by atoms with Gasteiger partial charge in [-0.25, -0.2) is 9.67 Å². The van der Waals surface area contributed by atoms with E-state index in [2.05, 4.69) is 15.4 Å². The van der Waals surface area contributed by atoms with Crippen LogP contribution in [0.25, 0.3) is 5.69 Å². The summed E-state index contributed by atoms with van der Waals surface area (Å²) in [7, 11) is 1.61. The topological polar surface area (TPSA) is 83.2 Å². The summed E-state index contributed by atoms with van der Waals surface area (Å²) < 4.78 is 14.3. The third-order valence-electron chi connectivity index (χ3n) is 5.13. The highest BCUT2D eigenvalue weighted by Crippen LogP contribution is 2.26. The van der Waals surface area contributed by atoms with Gasteiger partial charge in [0, 0.05) is 30.7 Å². The third-order valence-corrected chi connectivity index (χ3v) is 5.13. The summed E-state index contributed by atoms with van der Waals surface area (Å²) in [5, 5.41) is 7.77. The standard InChI is InChI=1S/C25H27N5O3/c1-18-13-21(9-10-23(18)29-15-19(2)26-17-29)27-22-14-24(31)30(16-20-7-5-4-6-8-20)28-25(22)33-12-11-32-3/h4-10,13-15,17,27H,11-12,16H2,1-3H3. The summed E-state index contributed by atoms with van der Waals surface area (Å²) in [5.41, 5.74) is 5.15. The first-order valence-corrected chi connectivity index (χ1v) is 10.7. The molecule has 1 N–H and O–H groups in total. The molecule has 0 bridgehead atoms. The van der Waals surface area contributed by atoms with Crippen LogP contribution in [-0.2, 0) is 11.3 Å². The lowest BCUT2D eigenvalue weighted by molar-refractivity contribution is 0.142. The van der Waals surface area contributed by atoms with Crippen molar-refractivity contribution in [2.24, 2.45) is 0 Å². The normalized spacial score (nSPS) is 10.9. The first kappa shape index (κ1) is 22.3. The van der Waals surface area contributed by atoms with Crippen LogP contribution in [0.3, 0.4) is 0 Å². The minimum Gasteiger partial charge on any atom is -0.473 e. The van der Waals surface area contributed by atoms with Crippen molar-refractivity contribution >= 4 is 11.4 Å². The van der Waals surface area contributed by atoms with Crippen LogP contribution in [0.1, 0.15) is 16.8 Å². The van der Waals surface area contributed by atoms with Gasteiger partial charge in [0.25, 0.3) is 11.4 Å². The number of benzene rings is 2. The Morgan fingerprint density at radius 3 is 2.55 bits per heavy atom. The largest absolute Gasteiger partial charge is 0.473 e. The smallest absolute Gasteiger partial charge is 0.269 e. The fourth-order valence-electron chi connectivity index (χ4n) is 3.49. The van der Waals surface area contributed by atoms with E-state index in [1.54, 1.807) is 13.4 Å². The van der Waals surface area contributed by atoms with Crippen molar-refractivity contribution in [2.75, 3.05) is 25.6 Å². The lowest BCUT2D eigenvalue weighted by Crippen LogP contribution is -2.24. The molecule has 4 aromatic rings. The van der Waals surface area contributed by atoms with Crippen LogP contribution >= 0.6 is 0 Å². The van der Waals surface area contributed by atoms with Gasteiger partial charge in [-0.2, -0.15) is 0 Å². The van der Waals surface area contributed by atoms with E-state index in [0.29, 0.717) is 31.3 Å². The summed E-state index contributed by atoms with van der Waals surface area (Å²) in [5.74, 6) is 0.342. The second-order valence-corrected chi connectivity index (χ2v) is 7.73. The molecule has 0 amide bonds. The maximum Gasteiger partial charge on any atom is 0.269 e. The molecule has 2 aromatic carbocycles. The van der Waals surface area contributed by atoms with Crippen molar-refractivity contribution in [2.45, 2.75) is 20.4 Å². The molecule has 33 heavy (non-hydrogen) atoms. The number of hydrogen-bond acceptors (Lipinski definition) is 6. The molecule has 8 heteroatoms. The van der Waals surface area contributed by atoms with E-state index in [1.807, 2.05) is 73.1 Å². The van der Waals surface area contributed by atoms with Crippen LogP contribution in [0.15, 0.2) is 71.9 Å². The van der Waals surface area contributed by atoms with E-state index in [0.717, 1.165) is 28.2 Å². The fraction of sp³-hybridized carbons (Fsp3) is 0.240. The maximum atomic E-state index is 12.8. The van der Waals surface area contributed by atoms with Crippen LogP contribution < -0.4 is 15.6 Å². The van der Waals surface area contributed by atoms with Gasteiger partial charge in [-0.3, -0.25) is 4.79 Å². The van der Waals surface area contributed by atoms with Gasteiger partial charge < -0.3 is 19.4 Å². The van der Waals surface area contributed by atoms with Gasteiger partial charge in [-0.15, -0.1) is 5.10 Å². The number of methoxy groups -OCH3 is 1. The molecule has 0 spiro atoms. The Morgan fingerprint density at radius 2 is 1.85 bits per heavy atom. The Bertz CT molecular complexity index is 1280. The van der Waals surface area contributed by atoms with Crippen molar-refractivity contribution in [3.8, 4) is 11.6 Å². The monoisotopic (exact) mass is 445 g/mol. The Labute approximate surface area is 192 Å². The Hall–Kier alpha value is -3.91. The third kappa shape index (κ3) is 5.48. The van der Waals surface area contributed by atoms with E-state index in [4.69, 9.17) is 9.47 Å². The minimum absolute atomic E-state index is 0.220. The van der Waals surface area contributed by atoms with Gasteiger partial charge >= 0.3 is 0 Å². The number of ether oxygens (including phenoxy) is 2. The number of rotatable bonds is 9. The molecule has 0 aliphatic heterocycles. The molecule has 2 heterocycles. The zero-order valence-electron chi connectivity index (χ0n) is 19.0. The highest BCUT2D eigenvalue weighted by molar-refractivity contribution is 5.66. The minimum atomic E-state index is -0.220. The van der Waals surface area contributed by atoms with E-state index in [-0.39, 0.29) is 5.56 Å². The first-order chi connectivity index (χ1) is 16.0. The van der Waals surface area contributed by atoms with E-state index < -0.39 is 0 Å². The van der Waals surface area contributed by atoms with Crippen molar-refractivity contribution < 1.29 is 9.47 Å². The summed E-state index contributed by atoms with van der Waals surface area (Å²) in [6.45, 7) is 5.08. The second-order valence-electron chi connectivity index (χ2n) is 7.73. The molecule has 8 nitrogen and oxygen atoms in total. The molecule has 0 fully saturated rings. The summed E-state index contributed by atoms with van der Waals surface area (Å²) >= 11 is 0. The Morgan fingerprint density at radius 1 is 1.03 bits per heavy atom. The van der Waals surface area contributed by atoms with E-state index in [1.165, 1.54) is 10.7 Å². The quantitative estimate of drug-likeness (QED) is 0.394. The highest BCUT2D eigenvalue weighted by atomic mass is 16.5. The molecule has 170 valence electrons. The zero-order chi connectivity index (χ0) is 23.2. The fourth-order valence-corrected chi connectivity index (χ4v) is 3.49. The lowest BCUT2D eigenvalue weighted by Gasteiger charge is -2.15. The SMILES string of the molecule is COCCOc1nn(Cc2ccccc2)c(=O)cc1Nc1ccc(-n2cnc(C)c2)c(C)c1. The van der Waals surface area contributed by atoms with Gasteiger partial charge in [0.2, 0.25) is 0 Å². The Balaban J connectivity index is 1.62. The van der Waals surface area contributed by atoms with Crippen LogP contribution in [0, 0.1) is 13.8 Å². The van der Waals surface area contributed by atoms with Gasteiger partial charge in [0.1, 0.15) is 12.3 Å². The van der Waals surface area contributed by atoms with Crippen LogP contribution in [0.4, 0.5) is 11.4 Å². The number of nitrogens with zero attached hydrogens (tertiary/aromatic N) is 4. The molecule has 0 atom stereocenters. The van der Waals surface area contributed by atoms with Crippen LogP contribution in [0.5, 0.6) is 5.88 Å². The van der Waals surface area contributed by atoms with Gasteiger partial charge in [-0.05, 0) is 43.2 Å². The van der Waals surface area contributed by atoms with Gasteiger partial charge in [0.15, 0.2) is 0 Å². The maximum absolute atomic E-state index is 12.8. The van der Waals surface area contributed by atoms with Crippen molar-refractivity contribution in [1.29, 1.82) is 0 Å². The molecule has 0 saturated heterocycles. The molecule has 0 aliphatic rings. The molecule has 0 unspecified atom stereocenters. The molecular weight excluding hydrogens is 418 g/mol. The number of aromatic nitrogens is 4. The highest BCUT2D eigenvalue weighted by Gasteiger charge is 2.13. The lowest BCUT2D eigenvalue weighted by atomic mass is 10.1. The van der Waals surface area contributed by atoms with Crippen LogP contribution in [0.2, 0.25) is 0 Å². The Kier molecular flexibility index (Phi) is 6.85. The average molecular weight is 446 g/mol. The predicted molar refractivity (Wildman–Crippen MR) is 128 cm³/mol. The molecule has 2 aromatic heterocycles.